The van der Waals surface area contributed by atoms with Crippen molar-refractivity contribution in [2.45, 2.75) is 42.7 Å². The van der Waals surface area contributed by atoms with Crippen molar-refractivity contribution in [3.8, 4) is 0 Å². The number of hydrogen-bond acceptors (Lipinski definition) is 4. The summed E-state index contributed by atoms with van der Waals surface area (Å²) in [5.74, 6) is 0. The average molecular weight is 298 g/mol. The van der Waals surface area contributed by atoms with Crippen molar-refractivity contribution in [3.63, 3.8) is 0 Å². The molecule has 6 heteroatoms. The summed E-state index contributed by atoms with van der Waals surface area (Å²) in [7, 11) is -0.456. The lowest BCUT2D eigenvalue weighted by molar-refractivity contribution is 0.116. The minimum atomic E-state index is -3.49. The average Bonchev–Trinajstić information content (AvgIpc) is 2.41. The first-order chi connectivity index (χ1) is 9.43. The Bertz CT molecular complexity index is 557. The molecule has 0 saturated heterocycles. The summed E-state index contributed by atoms with van der Waals surface area (Å²) in [6.07, 6.45) is 3.28. The maximum absolute atomic E-state index is 12.3. The van der Waals surface area contributed by atoms with Gasteiger partial charge in [0, 0.05) is 14.1 Å². The molecule has 0 spiro atoms. The van der Waals surface area contributed by atoms with Gasteiger partial charge in [0.2, 0.25) is 10.0 Å². The van der Waals surface area contributed by atoms with Crippen LogP contribution in [0.5, 0.6) is 0 Å². The summed E-state index contributed by atoms with van der Waals surface area (Å²) >= 11 is 0. The third-order valence-corrected chi connectivity index (χ3v) is 5.59. The van der Waals surface area contributed by atoms with E-state index in [0.29, 0.717) is 5.69 Å². The van der Waals surface area contributed by atoms with Gasteiger partial charge in [-0.15, -0.1) is 0 Å². The maximum atomic E-state index is 12.3. The SMILES string of the molecule is CN(C)S(=O)(=O)c1ccccc1NC1CCCCC1O. The van der Waals surface area contributed by atoms with E-state index in [-0.39, 0.29) is 10.9 Å². The molecule has 2 atom stereocenters. The van der Waals surface area contributed by atoms with Gasteiger partial charge in [0.25, 0.3) is 0 Å². The standard InChI is InChI=1S/C14H22N2O3S/c1-16(2)20(18,19)14-10-6-4-8-12(14)15-11-7-3-5-9-13(11)17/h4,6,8,10-11,13,15,17H,3,5,7,9H2,1-2H3. The summed E-state index contributed by atoms with van der Waals surface area (Å²) in [6, 6.07) is 6.76. The second-order valence-electron chi connectivity index (χ2n) is 5.39. The van der Waals surface area contributed by atoms with E-state index in [1.54, 1.807) is 24.3 Å². The molecule has 1 aliphatic rings. The number of sulfonamides is 1. The monoisotopic (exact) mass is 298 g/mol. The number of nitrogens with zero attached hydrogens (tertiary/aromatic N) is 1. The minimum absolute atomic E-state index is 0.0812. The highest BCUT2D eigenvalue weighted by Crippen LogP contribution is 2.27. The quantitative estimate of drug-likeness (QED) is 0.887. The van der Waals surface area contributed by atoms with E-state index in [9.17, 15) is 13.5 Å². The molecule has 1 aromatic carbocycles. The van der Waals surface area contributed by atoms with Crippen LogP contribution in [0.1, 0.15) is 25.7 Å². The Morgan fingerprint density at radius 1 is 1.20 bits per heavy atom. The van der Waals surface area contributed by atoms with Crippen LogP contribution < -0.4 is 5.32 Å². The van der Waals surface area contributed by atoms with Crippen LogP contribution in [0, 0.1) is 0 Å². The van der Waals surface area contributed by atoms with E-state index in [1.807, 2.05) is 0 Å². The molecule has 2 unspecified atom stereocenters. The first-order valence-electron chi connectivity index (χ1n) is 6.89. The fraction of sp³-hybridized carbons (Fsp3) is 0.571. The Morgan fingerprint density at radius 2 is 1.85 bits per heavy atom. The molecule has 0 heterocycles. The highest BCUT2D eigenvalue weighted by atomic mass is 32.2. The van der Waals surface area contributed by atoms with E-state index >= 15 is 0 Å². The summed E-state index contributed by atoms with van der Waals surface area (Å²) in [4.78, 5) is 0.253. The lowest BCUT2D eigenvalue weighted by Gasteiger charge is -2.30. The van der Waals surface area contributed by atoms with E-state index in [1.165, 1.54) is 18.4 Å². The zero-order valence-corrected chi connectivity index (χ0v) is 12.7. The fourth-order valence-corrected chi connectivity index (χ4v) is 3.54. The minimum Gasteiger partial charge on any atom is -0.391 e. The van der Waals surface area contributed by atoms with Crippen LogP contribution in [0.2, 0.25) is 0 Å². The molecule has 2 rings (SSSR count). The topological polar surface area (TPSA) is 69.6 Å². The van der Waals surface area contributed by atoms with Crippen LogP contribution in [-0.4, -0.2) is 44.1 Å². The number of aliphatic hydroxyl groups excluding tert-OH is 1. The number of hydrogen-bond donors (Lipinski definition) is 2. The third kappa shape index (κ3) is 3.13. The number of anilines is 1. The van der Waals surface area contributed by atoms with Crippen molar-refractivity contribution in [3.05, 3.63) is 24.3 Å². The van der Waals surface area contributed by atoms with Crippen molar-refractivity contribution < 1.29 is 13.5 Å². The lowest BCUT2D eigenvalue weighted by atomic mass is 9.92. The van der Waals surface area contributed by atoms with Gasteiger partial charge < -0.3 is 10.4 Å². The van der Waals surface area contributed by atoms with Crippen molar-refractivity contribution in [2.75, 3.05) is 19.4 Å². The van der Waals surface area contributed by atoms with E-state index in [4.69, 9.17) is 0 Å². The predicted molar refractivity (Wildman–Crippen MR) is 79.2 cm³/mol. The van der Waals surface area contributed by atoms with Crippen molar-refractivity contribution in [1.82, 2.24) is 4.31 Å². The Morgan fingerprint density at radius 3 is 2.50 bits per heavy atom. The number of para-hydroxylation sites is 1. The molecule has 20 heavy (non-hydrogen) atoms. The molecular formula is C14H22N2O3S. The Hall–Kier alpha value is -1.11. The molecular weight excluding hydrogens is 276 g/mol. The largest absolute Gasteiger partial charge is 0.391 e. The van der Waals surface area contributed by atoms with Gasteiger partial charge in [0.15, 0.2) is 0 Å². The maximum Gasteiger partial charge on any atom is 0.244 e. The first-order valence-corrected chi connectivity index (χ1v) is 8.33. The number of rotatable bonds is 4. The smallest absolute Gasteiger partial charge is 0.244 e. The van der Waals surface area contributed by atoms with Crippen molar-refractivity contribution >= 4 is 15.7 Å². The first kappa shape index (κ1) is 15.3. The van der Waals surface area contributed by atoms with E-state index in [0.717, 1.165) is 25.7 Å². The number of nitrogens with one attached hydrogen (secondary N) is 1. The lowest BCUT2D eigenvalue weighted by Crippen LogP contribution is -2.37. The van der Waals surface area contributed by atoms with Crippen LogP contribution in [0.4, 0.5) is 5.69 Å². The van der Waals surface area contributed by atoms with Gasteiger partial charge in [-0.3, -0.25) is 0 Å². The van der Waals surface area contributed by atoms with Crippen LogP contribution in [0.15, 0.2) is 29.2 Å². The zero-order valence-electron chi connectivity index (χ0n) is 11.9. The molecule has 5 nitrogen and oxygen atoms in total. The third-order valence-electron chi connectivity index (χ3n) is 3.72. The number of aliphatic hydroxyl groups is 1. The molecule has 1 fully saturated rings. The molecule has 1 aromatic rings. The second kappa shape index (κ2) is 6.11. The Labute approximate surface area is 120 Å². The summed E-state index contributed by atoms with van der Waals surface area (Å²) in [6.45, 7) is 0. The molecule has 0 bridgehead atoms. The van der Waals surface area contributed by atoms with Crippen molar-refractivity contribution in [1.29, 1.82) is 0 Å². The Kier molecular flexibility index (Phi) is 4.67. The van der Waals surface area contributed by atoms with Crippen LogP contribution in [0.3, 0.4) is 0 Å². The summed E-state index contributed by atoms with van der Waals surface area (Å²) in [5.41, 5.74) is 0.562. The molecule has 112 valence electrons. The molecule has 2 N–H and O–H groups in total. The fourth-order valence-electron chi connectivity index (χ4n) is 2.49. The molecule has 0 radical (unpaired) electrons. The molecule has 1 aliphatic carbocycles. The molecule has 0 aliphatic heterocycles. The normalized spacial score (nSPS) is 23.8. The van der Waals surface area contributed by atoms with Crippen LogP contribution in [0.25, 0.3) is 0 Å². The van der Waals surface area contributed by atoms with Gasteiger partial charge >= 0.3 is 0 Å². The highest BCUT2D eigenvalue weighted by Gasteiger charge is 2.26. The van der Waals surface area contributed by atoms with Gasteiger partial charge in [0.1, 0.15) is 4.90 Å². The highest BCUT2D eigenvalue weighted by molar-refractivity contribution is 7.89. The van der Waals surface area contributed by atoms with Gasteiger partial charge in [-0.1, -0.05) is 25.0 Å². The van der Waals surface area contributed by atoms with Gasteiger partial charge in [-0.25, -0.2) is 12.7 Å². The molecule has 0 aromatic heterocycles. The Balaban J connectivity index is 2.29. The molecule has 0 amide bonds. The summed E-state index contributed by atoms with van der Waals surface area (Å²) in [5, 5.41) is 13.2. The molecule has 1 saturated carbocycles. The van der Waals surface area contributed by atoms with Crippen LogP contribution in [-0.2, 0) is 10.0 Å². The zero-order chi connectivity index (χ0) is 14.8. The number of benzene rings is 1. The van der Waals surface area contributed by atoms with E-state index < -0.39 is 16.1 Å². The van der Waals surface area contributed by atoms with Crippen molar-refractivity contribution in [2.24, 2.45) is 0 Å². The second-order valence-corrected chi connectivity index (χ2v) is 7.51. The van der Waals surface area contributed by atoms with Gasteiger partial charge in [-0.2, -0.15) is 0 Å². The van der Waals surface area contributed by atoms with Gasteiger partial charge in [0.05, 0.1) is 17.8 Å². The van der Waals surface area contributed by atoms with E-state index in [2.05, 4.69) is 5.32 Å². The summed E-state index contributed by atoms with van der Waals surface area (Å²) < 4.78 is 25.8. The van der Waals surface area contributed by atoms with Gasteiger partial charge in [-0.05, 0) is 25.0 Å². The van der Waals surface area contributed by atoms with Crippen LogP contribution >= 0.6 is 0 Å². The predicted octanol–water partition coefficient (Wildman–Crippen LogP) is 1.65.